The summed E-state index contributed by atoms with van der Waals surface area (Å²) in [7, 11) is 0. The Morgan fingerprint density at radius 1 is 1.53 bits per heavy atom. The predicted molar refractivity (Wildman–Crippen MR) is 59.7 cm³/mol. The third-order valence-electron chi connectivity index (χ3n) is 2.00. The summed E-state index contributed by atoms with van der Waals surface area (Å²) in [5.74, 6) is 0.402. The van der Waals surface area contributed by atoms with Gasteiger partial charge < -0.3 is 9.84 Å². The lowest BCUT2D eigenvalue weighted by Gasteiger charge is -2.04. The average Bonchev–Trinajstić information content (AvgIpc) is 2.78. The van der Waals surface area contributed by atoms with Crippen LogP contribution in [0.5, 0.6) is 0 Å². The van der Waals surface area contributed by atoms with E-state index in [1.54, 1.807) is 0 Å². The number of aromatic nitrogens is 2. The molecule has 0 radical (unpaired) electrons. The molecule has 7 nitrogen and oxygen atoms in total. The Morgan fingerprint density at radius 3 is 3.00 bits per heavy atom. The minimum atomic E-state index is -0.491. The number of nitro groups is 1. The van der Waals surface area contributed by atoms with E-state index in [1.807, 2.05) is 0 Å². The molecule has 0 bridgehead atoms. The van der Waals surface area contributed by atoms with Crippen molar-refractivity contribution in [2.45, 2.75) is 6.54 Å². The Labute approximate surface area is 101 Å². The minimum Gasteiger partial charge on any atom is -0.372 e. The first kappa shape index (κ1) is 11.3. The van der Waals surface area contributed by atoms with Crippen molar-refractivity contribution in [3.63, 3.8) is 0 Å². The van der Waals surface area contributed by atoms with Crippen molar-refractivity contribution >= 4 is 23.0 Å². The first-order valence-electron chi connectivity index (χ1n) is 4.60. The van der Waals surface area contributed by atoms with Gasteiger partial charge in [-0.2, -0.15) is 4.98 Å². The Bertz CT molecular complexity index is 529. The highest BCUT2D eigenvalue weighted by Crippen LogP contribution is 2.27. The van der Waals surface area contributed by atoms with Crippen LogP contribution in [0.25, 0.3) is 0 Å². The van der Waals surface area contributed by atoms with Gasteiger partial charge in [-0.15, -0.1) is 0 Å². The van der Waals surface area contributed by atoms with Gasteiger partial charge in [0.25, 0.3) is 5.69 Å². The molecule has 88 valence electrons. The maximum absolute atomic E-state index is 10.8. The Hall–Kier alpha value is -2.15. The van der Waals surface area contributed by atoms with E-state index in [2.05, 4.69) is 20.0 Å². The molecule has 2 rings (SSSR count). The van der Waals surface area contributed by atoms with Gasteiger partial charge in [0, 0.05) is 11.1 Å². The molecular formula is C9H7ClN4O3. The summed E-state index contributed by atoms with van der Waals surface area (Å²) in [6.07, 6.45) is 1.18. The van der Waals surface area contributed by atoms with Crippen LogP contribution in [0.15, 0.2) is 29.1 Å². The molecule has 2 aromatic rings. The maximum atomic E-state index is 10.8. The number of nitro benzene ring substituents is 1. The fourth-order valence-electron chi connectivity index (χ4n) is 1.25. The number of halogens is 1. The van der Waals surface area contributed by atoms with Crippen LogP contribution in [0, 0.1) is 10.1 Å². The number of hydrogen-bond acceptors (Lipinski definition) is 6. The van der Waals surface area contributed by atoms with Gasteiger partial charge in [0.05, 0.1) is 11.5 Å². The van der Waals surface area contributed by atoms with Crippen LogP contribution in [0.3, 0.4) is 0 Å². The van der Waals surface area contributed by atoms with E-state index in [0.29, 0.717) is 16.5 Å². The summed E-state index contributed by atoms with van der Waals surface area (Å²) in [5.41, 5.74) is 0.255. The number of hydrogen-bond donors (Lipinski definition) is 1. The number of rotatable bonds is 4. The molecule has 0 spiro atoms. The van der Waals surface area contributed by atoms with Crippen LogP contribution in [0.4, 0.5) is 11.4 Å². The van der Waals surface area contributed by atoms with Crippen LogP contribution in [-0.2, 0) is 6.54 Å². The van der Waals surface area contributed by atoms with Crippen LogP contribution < -0.4 is 5.32 Å². The number of nitrogens with one attached hydrogen (secondary N) is 1. The van der Waals surface area contributed by atoms with Gasteiger partial charge in [0.15, 0.2) is 5.82 Å². The van der Waals surface area contributed by atoms with E-state index in [1.165, 1.54) is 24.6 Å². The molecular weight excluding hydrogens is 248 g/mol. The largest absolute Gasteiger partial charge is 0.372 e. The van der Waals surface area contributed by atoms with E-state index >= 15 is 0 Å². The van der Waals surface area contributed by atoms with E-state index in [9.17, 15) is 10.1 Å². The quantitative estimate of drug-likeness (QED) is 0.664. The molecule has 0 fully saturated rings. The lowest BCUT2D eigenvalue weighted by atomic mass is 10.2. The lowest BCUT2D eigenvalue weighted by molar-refractivity contribution is -0.384. The summed E-state index contributed by atoms with van der Waals surface area (Å²) in [6, 6.07) is 4.26. The van der Waals surface area contributed by atoms with Crippen molar-refractivity contribution in [3.05, 3.63) is 45.6 Å². The number of anilines is 1. The SMILES string of the molecule is O=[N+]([O-])c1ccc(Cl)cc1NCc1ncon1. The molecule has 0 aliphatic rings. The van der Waals surface area contributed by atoms with Gasteiger partial charge in [0.1, 0.15) is 5.69 Å². The standard InChI is InChI=1S/C9H7ClN4O3/c10-6-1-2-8(14(15)16)7(3-6)11-4-9-12-5-17-13-9/h1-3,5,11H,4H2. The zero-order valence-corrected chi connectivity index (χ0v) is 9.22. The fourth-order valence-corrected chi connectivity index (χ4v) is 1.43. The molecule has 17 heavy (non-hydrogen) atoms. The van der Waals surface area contributed by atoms with Gasteiger partial charge in [-0.25, -0.2) is 0 Å². The van der Waals surface area contributed by atoms with Gasteiger partial charge >= 0.3 is 0 Å². The third kappa shape index (κ3) is 2.70. The second-order valence-corrected chi connectivity index (χ2v) is 3.56. The predicted octanol–water partition coefficient (Wildman–Crippen LogP) is 2.24. The molecule has 0 saturated carbocycles. The van der Waals surface area contributed by atoms with Gasteiger partial charge in [0.2, 0.25) is 6.39 Å². The molecule has 0 aliphatic heterocycles. The van der Waals surface area contributed by atoms with E-state index in [4.69, 9.17) is 11.6 Å². The molecule has 8 heteroatoms. The molecule has 1 heterocycles. The van der Waals surface area contributed by atoms with Crippen LogP contribution in [0.2, 0.25) is 5.02 Å². The molecule has 0 unspecified atom stereocenters. The summed E-state index contributed by atoms with van der Waals surface area (Å²) in [4.78, 5) is 14.1. The van der Waals surface area contributed by atoms with Crippen molar-refractivity contribution in [2.75, 3.05) is 5.32 Å². The summed E-state index contributed by atoms with van der Waals surface area (Å²) in [6.45, 7) is 0.220. The van der Waals surface area contributed by atoms with Crippen molar-refractivity contribution < 1.29 is 9.45 Å². The van der Waals surface area contributed by atoms with Crippen LogP contribution >= 0.6 is 11.6 Å². The third-order valence-corrected chi connectivity index (χ3v) is 2.23. The molecule has 0 atom stereocenters. The highest BCUT2D eigenvalue weighted by Gasteiger charge is 2.14. The molecule has 1 aromatic carbocycles. The number of nitrogens with zero attached hydrogens (tertiary/aromatic N) is 3. The van der Waals surface area contributed by atoms with Crippen LogP contribution in [-0.4, -0.2) is 15.1 Å². The molecule has 1 N–H and O–H groups in total. The average molecular weight is 255 g/mol. The van der Waals surface area contributed by atoms with Gasteiger partial charge in [-0.1, -0.05) is 16.8 Å². The van der Waals surface area contributed by atoms with Crippen molar-refractivity contribution in [3.8, 4) is 0 Å². The second-order valence-electron chi connectivity index (χ2n) is 3.12. The summed E-state index contributed by atoms with van der Waals surface area (Å²) >= 11 is 5.77. The van der Waals surface area contributed by atoms with E-state index < -0.39 is 4.92 Å². The highest BCUT2D eigenvalue weighted by atomic mass is 35.5. The number of benzene rings is 1. The smallest absolute Gasteiger partial charge is 0.292 e. The second kappa shape index (κ2) is 4.79. The Morgan fingerprint density at radius 2 is 2.35 bits per heavy atom. The molecule has 0 saturated heterocycles. The normalized spacial score (nSPS) is 10.2. The highest BCUT2D eigenvalue weighted by molar-refractivity contribution is 6.31. The Kier molecular flexibility index (Phi) is 3.20. The molecule has 1 aromatic heterocycles. The zero-order chi connectivity index (χ0) is 12.3. The Balaban J connectivity index is 2.19. The molecule has 0 aliphatic carbocycles. The first-order chi connectivity index (χ1) is 8.16. The van der Waals surface area contributed by atoms with Gasteiger partial charge in [-0.3, -0.25) is 10.1 Å². The van der Waals surface area contributed by atoms with Gasteiger partial charge in [-0.05, 0) is 12.1 Å². The lowest BCUT2D eigenvalue weighted by Crippen LogP contribution is -2.03. The molecule has 0 amide bonds. The summed E-state index contributed by atoms with van der Waals surface area (Å²) in [5, 5.41) is 17.6. The minimum absolute atomic E-state index is 0.0575. The van der Waals surface area contributed by atoms with Crippen LogP contribution in [0.1, 0.15) is 5.82 Å². The van der Waals surface area contributed by atoms with E-state index in [-0.39, 0.29) is 12.2 Å². The van der Waals surface area contributed by atoms with E-state index in [0.717, 1.165) is 0 Å². The maximum Gasteiger partial charge on any atom is 0.292 e. The van der Waals surface area contributed by atoms with Crippen molar-refractivity contribution in [1.82, 2.24) is 10.1 Å². The monoisotopic (exact) mass is 254 g/mol. The first-order valence-corrected chi connectivity index (χ1v) is 4.97. The topological polar surface area (TPSA) is 94.1 Å². The van der Waals surface area contributed by atoms with Crippen molar-refractivity contribution in [2.24, 2.45) is 0 Å². The fraction of sp³-hybridized carbons (Fsp3) is 0.111. The summed E-state index contributed by atoms with van der Waals surface area (Å²) < 4.78 is 4.54. The zero-order valence-electron chi connectivity index (χ0n) is 8.46. The van der Waals surface area contributed by atoms with Crippen molar-refractivity contribution in [1.29, 1.82) is 0 Å².